The van der Waals surface area contributed by atoms with Gasteiger partial charge >= 0.3 is 12.4 Å². The Kier molecular flexibility index (Phi) is 4.55. The Morgan fingerprint density at radius 3 is 1.86 bits per heavy atom. The topological polar surface area (TPSA) is 36.1 Å². The van der Waals surface area contributed by atoms with Gasteiger partial charge in [-0.1, -0.05) is 52.0 Å². The molecule has 29 heavy (non-hydrogen) atoms. The van der Waals surface area contributed by atoms with Crippen LogP contribution in [-0.4, -0.2) is 28.8 Å². The predicted octanol–water partition coefficient (Wildman–Crippen LogP) is 5.93. The van der Waals surface area contributed by atoms with E-state index in [9.17, 15) is 31.6 Å². The molecule has 0 saturated heterocycles. The molecule has 0 fully saturated rings. The van der Waals surface area contributed by atoms with Gasteiger partial charge < -0.3 is 0 Å². The van der Waals surface area contributed by atoms with E-state index < -0.39 is 44.8 Å². The fourth-order valence-electron chi connectivity index (χ4n) is 4.59. The third-order valence-corrected chi connectivity index (χ3v) is 8.28. The molecule has 0 amide bonds. The van der Waals surface area contributed by atoms with Crippen LogP contribution in [0.1, 0.15) is 38.8 Å². The van der Waals surface area contributed by atoms with Crippen molar-refractivity contribution in [3.63, 3.8) is 0 Å². The van der Waals surface area contributed by atoms with Crippen molar-refractivity contribution in [1.29, 1.82) is 5.26 Å². The second kappa shape index (κ2) is 6.05. The molecule has 1 aromatic carbocycles. The molecule has 1 heterocycles. The van der Waals surface area contributed by atoms with E-state index in [1.54, 1.807) is 45.7 Å². The minimum absolute atomic E-state index is 0.650. The first-order valence-electron chi connectivity index (χ1n) is 8.73. The SMILES string of the molecule is CC1(C)c2ccccc2C(C)(C)C12N=C=C(C(F)(F)F)[C@@](C#N)(C(F)(F)F)CS2. The normalized spacial score (nSPS) is 27.1. The van der Waals surface area contributed by atoms with Crippen molar-refractivity contribution >= 4 is 17.6 Å². The fourth-order valence-corrected chi connectivity index (χ4v) is 6.44. The molecule has 3 rings (SSSR count). The van der Waals surface area contributed by atoms with Crippen LogP contribution in [0.15, 0.2) is 34.8 Å². The van der Waals surface area contributed by atoms with Crippen molar-refractivity contribution in [2.45, 2.75) is 55.7 Å². The van der Waals surface area contributed by atoms with E-state index in [4.69, 9.17) is 0 Å². The predicted molar refractivity (Wildman–Crippen MR) is 98.8 cm³/mol. The molecule has 0 N–H and O–H groups in total. The first-order chi connectivity index (χ1) is 13.1. The Morgan fingerprint density at radius 2 is 1.48 bits per heavy atom. The number of rotatable bonds is 0. The zero-order valence-corrected chi connectivity index (χ0v) is 16.9. The molecule has 1 aliphatic carbocycles. The number of benzene rings is 1. The quantitative estimate of drug-likeness (QED) is 0.477. The first-order valence-corrected chi connectivity index (χ1v) is 9.71. The lowest BCUT2D eigenvalue weighted by Crippen LogP contribution is -2.51. The summed E-state index contributed by atoms with van der Waals surface area (Å²) in [5, 5.41) is 9.32. The van der Waals surface area contributed by atoms with Crippen molar-refractivity contribution in [2.24, 2.45) is 10.4 Å². The molecular formula is C20H18F6N2S. The summed E-state index contributed by atoms with van der Waals surface area (Å²) in [5.41, 5.74) is -6.05. The number of nitriles is 1. The zero-order valence-electron chi connectivity index (χ0n) is 16.1. The lowest BCUT2D eigenvalue weighted by Gasteiger charge is -2.45. The van der Waals surface area contributed by atoms with E-state index in [1.165, 1.54) is 0 Å². The molecule has 0 saturated carbocycles. The molecule has 1 aliphatic heterocycles. The number of alkyl halides is 6. The number of aliphatic imine (C=N–C) groups is 1. The molecule has 2 aliphatic rings. The molecule has 0 unspecified atom stereocenters. The van der Waals surface area contributed by atoms with Gasteiger partial charge in [-0.05, 0) is 17.0 Å². The Hall–Kier alpha value is -1.91. The van der Waals surface area contributed by atoms with Crippen LogP contribution in [0.25, 0.3) is 0 Å². The molecule has 0 radical (unpaired) electrons. The van der Waals surface area contributed by atoms with Gasteiger partial charge in [-0.3, -0.25) is 0 Å². The highest BCUT2D eigenvalue weighted by Crippen LogP contribution is 2.65. The van der Waals surface area contributed by atoms with Crippen LogP contribution < -0.4 is 0 Å². The number of thioether (sulfide) groups is 1. The van der Waals surface area contributed by atoms with E-state index >= 15 is 0 Å². The maximum absolute atomic E-state index is 13.8. The van der Waals surface area contributed by atoms with E-state index in [2.05, 4.69) is 4.99 Å². The number of hydrogen-bond acceptors (Lipinski definition) is 3. The minimum Gasteiger partial charge on any atom is -0.223 e. The molecule has 0 aromatic heterocycles. The number of fused-ring (bicyclic) bond motifs is 1. The molecule has 9 heteroatoms. The van der Waals surface area contributed by atoms with Gasteiger partial charge in [0.1, 0.15) is 10.4 Å². The van der Waals surface area contributed by atoms with E-state index in [1.807, 2.05) is 12.1 Å². The maximum atomic E-state index is 13.8. The van der Waals surface area contributed by atoms with Gasteiger partial charge in [0.25, 0.3) is 0 Å². The highest BCUT2D eigenvalue weighted by atomic mass is 32.2. The molecule has 1 atom stereocenters. The van der Waals surface area contributed by atoms with Gasteiger partial charge in [0.2, 0.25) is 0 Å². The Bertz CT molecular complexity index is 925. The van der Waals surface area contributed by atoms with Crippen molar-refractivity contribution < 1.29 is 26.3 Å². The van der Waals surface area contributed by atoms with Gasteiger partial charge in [0, 0.05) is 16.6 Å². The van der Waals surface area contributed by atoms with Crippen molar-refractivity contribution in [3.05, 3.63) is 41.0 Å². The average molecular weight is 432 g/mol. The highest BCUT2D eigenvalue weighted by molar-refractivity contribution is 8.00. The van der Waals surface area contributed by atoms with E-state index in [-0.39, 0.29) is 0 Å². The summed E-state index contributed by atoms with van der Waals surface area (Å²) in [6.45, 7) is 7.00. The summed E-state index contributed by atoms with van der Waals surface area (Å²) in [6, 6.07) is 8.07. The zero-order chi connectivity index (χ0) is 22.1. The minimum atomic E-state index is -5.44. The van der Waals surface area contributed by atoms with Gasteiger partial charge in [-0.15, -0.1) is 11.8 Å². The second-order valence-corrected chi connectivity index (χ2v) is 9.51. The highest BCUT2D eigenvalue weighted by Gasteiger charge is 2.70. The van der Waals surface area contributed by atoms with E-state index in [0.717, 1.165) is 17.2 Å². The number of allylic oxidation sites excluding steroid dienone is 1. The Morgan fingerprint density at radius 1 is 1.00 bits per heavy atom. The third kappa shape index (κ3) is 2.62. The number of halogens is 6. The molecular weight excluding hydrogens is 414 g/mol. The largest absolute Gasteiger partial charge is 0.423 e. The van der Waals surface area contributed by atoms with Crippen LogP contribution in [0, 0.1) is 16.7 Å². The summed E-state index contributed by atoms with van der Waals surface area (Å²) in [7, 11) is 0. The summed E-state index contributed by atoms with van der Waals surface area (Å²) >= 11 is 0.650. The molecule has 0 bridgehead atoms. The fraction of sp³-hybridized carbons (Fsp3) is 0.550. The standard InChI is InChI=1S/C20H18F6N2S/c1-15(2)12-7-5-6-8-13(12)16(3,4)19(15)28-9-14(18(21,22)23)17(10-27,11-29-19)20(24,25)26/h5-8H,11H2,1-4H3/t17-/m0/s1. The lowest BCUT2D eigenvalue weighted by molar-refractivity contribution is -0.202. The van der Waals surface area contributed by atoms with Crippen LogP contribution >= 0.6 is 11.8 Å². The maximum Gasteiger partial charge on any atom is 0.423 e. The summed E-state index contributed by atoms with van der Waals surface area (Å²) in [6.07, 6.45) is -10.8. The Labute approximate surface area is 168 Å². The Balaban J connectivity index is 2.35. The second-order valence-electron chi connectivity index (χ2n) is 8.34. The summed E-state index contributed by atoms with van der Waals surface area (Å²) in [5.74, 6) is 0.576. The van der Waals surface area contributed by atoms with Crippen LogP contribution in [0.3, 0.4) is 0 Å². The smallest absolute Gasteiger partial charge is 0.223 e. The van der Waals surface area contributed by atoms with Crippen molar-refractivity contribution in [1.82, 2.24) is 0 Å². The molecule has 1 spiro atoms. The first kappa shape index (κ1) is 21.8. The monoisotopic (exact) mass is 432 g/mol. The van der Waals surface area contributed by atoms with Gasteiger partial charge in [0.05, 0.1) is 6.07 Å². The van der Waals surface area contributed by atoms with Crippen molar-refractivity contribution in [3.8, 4) is 6.07 Å². The summed E-state index contributed by atoms with van der Waals surface area (Å²) in [4.78, 5) is 2.67. The van der Waals surface area contributed by atoms with Crippen LogP contribution in [0.5, 0.6) is 0 Å². The third-order valence-electron chi connectivity index (χ3n) is 6.18. The van der Waals surface area contributed by atoms with E-state index in [0.29, 0.717) is 11.8 Å². The van der Waals surface area contributed by atoms with Crippen molar-refractivity contribution in [2.75, 3.05) is 5.75 Å². The number of hydrogen-bond donors (Lipinski definition) is 0. The molecule has 2 nitrogen and oxygen atoms in total. The van der Waals surface area contributed by atoms with Crippen LogP contribution in [0.2, 0.25) is 0 Å². The van der Waals surface area contributed by atoms with Gasteiger partial charge in [-0.2, -0.15) is 31.6 Å². The van der Waals surface area contributed by atoms with Crippen LogP contribution in [-0.2, 0) is 10.8 Å². The van der Waals surface area contributed by atoms with Gasteiger partial charge in [-0.25, -0.2) is 4.99 Å². The van der Waals surface area contributed by atoms with Crippen LogP contribution in [0.4, 0.5) is 26.3 Å². The molecule has 1 aromatic rings. The molecule has 156 valence electrons. The summed E-state index contributed by atoms with van der Waals surface area (Å²) < 4.78 is 82.4. The lowest BCUT2D eigenvalue weighted by atomic mass is 9.75. The van der Waals surface area contributed by atoms with Gasteiger partial charge in [0.15, 0.2) is 5.41 Å². The number of nitrogens with zero attached hydrogens (tertiary/aromatic N) is 2. The average Bonchev–Trinajstić information content (AvgIpc) is 2.75.